The summed E-state index contributed by atoms with van der Waals surface area (Å²) in [6, 6.07) is 19.1. The minimum Gasteiger partial charge on any atom is -0.294 e. The molecule has 110 valence electrons. The normalized spacial score (nSPS) is 15.4. The monoisotopic (exact) mass is 291 g/mol. The highest BCUT2D eigenvalue weighted by atomic mass is 16.2. The lowest BCUT2D eigenvalue weighted by Crippen LogP contribution is -2.37. The lowest BCUT2D eigenvalue weighted by molar-refractivity contribution is -0.125. The van der Waals surface area contributed by atoms with Crippen molar-refractivity contribution < 1.29 is 9.59 Å². The van der Waals surface area contributed by atoms with Crippen LogP contribution >= 0.6 is 0 Å². The van der Waals surface area contributed by atoms with E-state index in [1.54, 1.807) is 4.90 Å². The molecule has 2 aromatic carbocycles. The topological polar surface area (TPSA) is 37.4 Å². The summed E-state index contributed by atoms with van der Waals surface area (Å²) >= 11 is 0. The average Bonchev–Trinajstić information content (AvgIpc) is 2.56. The van der Waals surface area contributed by atoms with Gasteiger partial charge in [0.2, 0.25) is 5.91 Å². The molecule has 0 radical (unpaired) electrons. The van der Waals surface area contributed by atoms with Crippen molar-refractivity contribution in [3.63, 3.8) is 0 Å². The van der Waals surface area contributed by atoms with Crippen LogP contribution in [0.1, 0.15) is 25.3 Å². The van der Waals surface area contributed by atoms with Crippen LogP contribution in [0.2, 0.25) is 0 Å². The van der Waals surface area contributed by atoms with E-state index in [0.717, 1.165) is 22.5 Å². The Kier molecular flexibility index (Phi) is 3.88. The second-order valence-corrected chi connectivity index (χ2v) is 5.21. The fraction of sp³-hybridized carbons (Fsp3) is 0.158. The first-order chi connectivity index (χ1) is 10.7. The number of carbonyl (C=O) groups is 2. The Balaban J connectivity index is 2.23. The number of anilines is 1. The molecule has 1 aliphatic rings. The fourth-order valence-corrected chi connectivity index (χ4v) is 2.83. The van der Waals surface area contributed by atoms with Gasteiger partial charge in [0.1, 0.15) is 0 Å². The third-order valence-electron chi connectivity index (χ3n) is 3.82. The van der Waals surface area contributed by atoms with E-state index in [-0.39, 0.29) is 18.1 Å². The second-order valence-electron chi connectivity index (χ2n) is 5.21. The molecule has 0 saturated heterocycles. The molecule has 3 heteroatoms. The smallest absolute Gasteiger partial charge is 0.239 e. The molecule has 0 atom stereocenters. The molecular weight excluding hydrogens is 274 g/mol. The molecule has 0 N–H and O–H groups in total. The zero-order valence-electron chi connectivity index (χ0n) is 12.5. The summed E-state index contributed by atoms with van der Waals surface area (Å²) in [4.78, 5) is 26.5. The maximum absolute atomic E-state index is 12.5. The summed E-state index contributed by atoms with van der Waals surface area (Å²) < 4.78 is 0. The van der Waals surface area contributed by atoms with Gasteiger partial charge < -0.3 is 0 Å². The van der Waals surface area contributed by atoms with Crippen molar-refractivity contribution >= 4 is 23.1 Å². The number of carbonyl (C=O) groups excluding carboxylic acids is 2. The third-order valence-corrected chi connectivity index (χ3v) is 3.82. The Morgan fingerprint density at radius 1 is 0.909 bits per heavy atom. The van der Waals surface area contributed by atoms with Crippen LogP contribution in [-0.2, 0) is 9.59 Å². The summed E-state index contributed by atoms with van der Waals surface area (Å²) in [6.07, 6.45) is 0.550. The largest absolute Gasteiger partial charge is 0.294 e. The first-order valence-electron chi connectivity index (χ1n) is 7.42. The molecule has 3 nitrogen and oxygen atoms in total. The molecule has 2 aromatic rings. The van der Waals surface area contributed by atoms with Gasteiger partial charge in [0.25, 0.3) is 0 Å². The number of hydrogen-bond donors (Lipinski definition) is 0. The first-order valence-corrected chi connectivity index (χ1v) is 7.42. The molecule has 22 heavy (non-hydrogen) atoms. The Morgan fingerprint density at radius 3 is 2.09 bits per heavy atom. The quantitative estimate of drug-likeness (QED) is 0.806. The first kappa shape index (κ1) is 14.3. The van der Waals surface area contributed by atoms with Crippen LogP contribution in [0.3, 0.4) is 0 Å². The van der Waals surface area contributed by atoms with Crippen molar-refractivity contribution in [3.8, 4) is 0 Å². The van der Waals surface area contributed by atoms with Gasteiger partial charge in [0, 0.05) is 11.3 Å². The van der Waals surface area contributed by atoms with Gasteiger partial charge in [-0.05, 0) is 24.1 Å². The Labute approximate surface area is 129 Å². The van der Waals surface area contributed by atoms with E-state index in [1.165, 1.54) is 0 Å². The van der Waals surface area contributed by atoms with Gasteiger partial charge in [-0.15, -0.1) is 0 Å². The Bertz CT molecular complexity index is 733. The number of ketones is 1. The van der Waals surface area contributed by atoms with Crippen molar-refractivity contribution in [1.82, 2.24) is 0 Å². The molecule has 0 aliphatic carbocycles. The summed E-state index contributed by atoms with van der Waals surface area (Å²) in [5.41, 5.74) is 3.12. The van der Waals surface area contributed by atoms with E-state index in [1.807, 2.05) is 67.6 Å². The molecule has 1 aliphatic heterocycles. The van der Waals surface area contributed by atoms with Crippen LogP contribution in [0, 0.1) is 0 Å². The molecule has 3 rings (SSSR count). The van der Waals surface area contributed by atoms with Crippen molar-refractivity contribution in [2.24, 2.45) is 0 Å². The summed E-state index contributed by atoms with van der Waals surface area (Å²) in [6.45, 7) is 1.95. The number of benzene rings is 2. The molecular formula is C19H17NO2. The third kappa shape index (κ3) is 2.46. The Hall–Kier alpha value is -2.68. The minimum absolute atomic E-state index is 0.0611. The maximum Gasteiger partial charge on any atom is 0.239 e. The van der Waals surface area contributed by atoms with E-state index in [0.29, 0.717) is 6.42 Å². The minimum atomic E-state index is -0.174. The molecule has 0 saturated carbocycles. The van der Waals surface area contributed by atoms with Crippen LogP contribution in [0.5, 0.6) is 0 Å². The van der Waals surface area contributed by atoms with Crippen LogP contribution in [0.25, 0.3) is 5.70 Å². The zero-order valence-corrected chi connectivity index (χ0v) is 12.5. The number of allylic oxidation sites excluding steroid dienone is 1. The number of nitrogens with zero attached hydrogens (tertiary/aromatic N) is 1. The number of Topliss-reactive ketones (excluding diaryl/α,β-unsaturated/α-hetero) is 1. The van der Waals surface area contributed by atoms with Crippen LogP contribution in [-0.4, -0.2) is 11.7 Å². The fourth-order valence-electron chi connectivity index (χ4n) is 2.83. The highest BCUT2D eigenvalue weighted by molar-refractivity contribution is 6.24. The van der Waals surface area contributed by atoms with Gasteiger partial charge in [-0.1, -0.05) is 55.5 Å². The molecule has 0 aromatic heterocycles. The predicted molar refractivity (Wildman–Crippen MR) is 87.2 cm³/mol. The predicted octanol–water partition coefficient (Wildman–Crippen LogP) is 3.81. The zero-order chi connectivity index (χ0) is 15.5. The van der Waals surface area contributed by atoms with Gasteiger partial charge in [-0.3, -0.25) is 14.5 Å². The van der Waals surface area contributed by atoms with Crippen LogP contribution in [0.4, 0.5) is 5.69 Å². The number of amides is 1. The van der Waals surface area contributed by atoms with E-state index in [4.69, 9.17) is 0 Å². The van der Waals surface area contributed by atoms with Crippen molar-refractivity contribution in [3.05, 3.63) is 71.8 Å². The summed E-state index contributed by atoms with van der Waals surface area (Å²) in [7, 11) is 0. The van der Waals surface area contributed by atoms with Gasteiger partial charge in [0.15, 0.2) is 5.78 Å². The number of para-hydroxylation sites is 1. The highest BCUT2D eigenvalue weighted by Crippen LogP contribution is 2.34. The van der Waals surface area contributed by atoms with E-state index in [9.17, 15) is 9.59 Å². The van der Waals surface area contributed by atoms with E-state index < -0.39 is 0 Å². The van der Waals surface area contributed by atoms with Crippen molar-refractivity contribution in [2.75, 3.05) is 4.90 Å². The molecule has 0 spiro atoms. The van der Waals surface area contributed by atoms with Crippen LogP contribution < -0.4 is 4.90 Å². The summed E-state index contributed by atoms with van der Waals surface area (Å²) in [5, 5.41) is 0. The molecule has 0 unspecified atom stereocenters. The number of rotatable bonds is 3. The maximum atomic E-state index is 12.5. The van der Waals surface area contributed by atoms with Gasteiger partial charge in [0.05, 0.1) is 12.1 Å². The van der Waals surface area contributed by atoms with Gasteiger partial charge in [-0.25, -0.2) is 0 Å². The second kappa shape index (κ2) is 5.98. The molecule has 1 amide bonds. The lowest BCUT2D eigenvalue weighted by atomic mass is 9.93. The van der Waals surface area contributed by atoms with E-state index in [2.05, 4.69) is 0 Å². The summed E-state index contributed by atoms with van der Waals surface area (Å²) in [5.74, 6) is -0.245. The lowest BCUT2D eigenvalue weighted by Gasteiger charge is -2.31. The SMILES string of the molecule is CCC1=C(c2ccccc2)N(c2ccccc2)C(=O)CC1=O. The van der Waals surface area contributed by atoms with Gasteiger partial charge in [-0.2, -0.15) is 0 Å². The average molecular weight is 291 g/mol. The van der Waals surface area contributed by atoms with Crippen LogP contribution in [0.15, 0.2) is 66.2 Å². The van der Waals surface area contributed by atoms with Crippen molar-refractivity contribution in [1.29, 1.82) is 0 Å². The number of hydrogen-bond acceptors (Lipinski definition) is 2. The molecule has 1 heterocycles. The molecule has 0 fully saturated rings. The highest BCUT2D eigenvalue weighted by Gasteiger charge is 2.33. The standard InChI is InChI=1S/C19H17NO2/c1-2-16-17(21)13-18(22)20(15-11-7-4-8-12-15)19(16)14-9-5-3-6-10-14/h3-12H,2,13H2,1H3. The van der Waals surface area contributed by atoms with Crippen molar-refractivity contribution in [2.45, 2.75) is 19.8 Å². The van der Waals surface area contributed by atoms with E-state index >= 15 is 0 Å². The molecule has 0 bridgehead atoms. The Morgan fingerprint density at radius 2 is 1.50 bits per heavy atom. The van der Waals surface area contributed by atoms with Gasteiger partial charge >= 0.3 is 0 Å².